The maximum absolute atomic E-state index is 4.87. The Balaban J connectivity index is 0.00000133. The first kappa shape index (κ1) is 15.0. The fourth-order valence-electron chi connectivity index (χ4n) is 3.04. The molecule has 1 saturated carbocycles. The van der Waals surface area contributed by atoms with Crippen LogP contribution in [0.1, 0.15) is 50.8 Å². The minimum Gasteiger partial charge on any atom is -0.261 e. The van der Waals surface area contributed by atoms with Gasteiger partial charge in [0.25, 0.3) is 0 Å². The molecule has 1 aliphatic rings. The highest BCUT2D eigenvalue weighted by Crippen LogP contribution is 2.32. The first-order valence-corrected chi connectivity index (χ1v) is 7.75. The summed E-state index contributed by atoms with van der Waals surface area (Å²) in [4.78, 5) is 0. The van der Waals surface area contributed by atoms with Crippen LogP contribution in [-0.2, 0) is 6.42 Å². The molecule has 1 fully saturated rings. The average molecular weight is 388 g/mol. The fraction of sp³-hybridized carbons (Fsp3) is 0.533. The monoisotopic (exact) mass is 386 g/mol. The van der Waals surface area contributed by atoms with Crippen LogP contribution in [0.3, 0.4) is 0 Å². The lowest BCUT2D eigenvalue weighted by Gasteiger charge is -2.22. The third-order valence-electron chi connectivity index (χ3n) is 4.00. The summed E-state index contributed by atoms with van der Waals surface area (Å²) in [6, 6.07) is 7.14. The van der Waals surface area contributed by atoms with E-state index in [2.05, 4.69) is 45.7 Å². The van der Waals surface area contributed by atoms with E-state index in [9.17, 15) is 0 Å². The highest BCUT2D eigenvalue weighted by molar-refractivity contribution is 9.10. The van der Waals surface area contributed by atoms with Gasteiger partial charge in [-0.25, -0.2) is 0 Å². The Labute approximate surface area is 133 Å². The van der Waals surface area contributed by atoms with E-state index in [4.69, 9.17) is 5.10 Å². The van der Waals surface area contributed by atoms with Gasteiger partial charge in [0.1, 0.15) is 0 Å². The van der Waals surface area contributed by atoms with Crippen LogP contribution >= 0.6 is 32.9 Å². The molecular formula is C15H20Br2N2. The summed E-state index contributed by atoms with van der Waals surface area (Å²) in [5, 5.41) is 6.19. The van der Waals surface area contributed by atoms with Gasteiger partial charge in [-0.1, -0.05) is 42.1 Å². The standard InChI is InChI=1S/C15H19BrN2.BrH/c1-2-14-13-9-8-11(16)10-15(13)18(17-14)12-6-4-3-5-7-12;/h8-10,12H,2-7H2,1H3;1H. The van der Waals surface area contributed by atoms with Crippen molar-refractivity contribution in [1.29, 1.82) is 0 Å². The minimum atomic E-state index is 0. The molecule has 4 heteroatoms. The molecule has 3 rings (SSSR count). The van der Waals surface area contributed by atoms with E-state index in [0.717, 1.165) is 10.9 Å². The van der Waals surface area contributed by atoms with Crippen LogP contribution in [0.4, 0.5) is 0 Å². The largest absolute Gasteiger partial charge is 0.261 e. The Morgan fingerprint density at radius 2 is 2.00 bits per heavy atom. The number of aryl methyl sites for hydroxylation is 1. The van der Waals surface area contributed by atoms with Gasteiger partial charge in [0, 0.05) is 9.86 Å². The molecule has 2 nitrogen and oxygen atoms in total. The van der Waals surface area contributed by atoms with Crippen molar-refractivity contribution in [2.75, 3.05) is 0 Å². The molecule has 1 heterocycles. The molecule has 0 spiro atoms. The lowest BCUT2D eigenvalue weighted by atomic mass is 9.95. The van der Waals surface area contributed by atoms with Crippen molar-refractivity contribution in [1.82, 2.24) is 9.78 Å². The summed E-state index contributed by atoms with van der Waals surface area (Å²) < 4.78 is 3.44. The Morgan fingerprint density at radius 1 is 1.26 bits per heavy atom. The van der Waals surface area contributed by atoms with Gasteiger partial charge in [-0.2, -0.15) is 5.10 Å². The van der Waals surface area contributed by atoms with Gasteiger partial charge in [-0.05, 0) is 37.5 Å². The lowest BCUT2D eigenvalue weighted by Crippen LogP contribution is -2.14. The van der Waals surface area contributed by atoms with Crippen LogP contribution in [-0.4, -0.2) is 9.78 Å². The molecule has 1 aromatic heterocycles. The summed E-state index contributed by atoms with van der Waals surface area (Å²) in [5.41, 5.74) is 2.54. The maximum Gasteiger partial charge on any atom is 0.0700 e. The normalized spacial score (nSPS) is 16.5. The molecule has 0 atom stereocenters. The van der Waals surface area contributed by atoms with Crippen molar-refractivity contribution >= 4 is 43.8 Å². The highest BCUT2D eigenvalue weighted by atomic mass is 79.9. The van der Waals surface area contributed by atoms with Crippen molar-refractivity contribution < 1.29 is 0 Å². The Morgan fingerprint density at radius 3 is 2.68 bits per heavy atom. The number of halogens is 2. The highest BCUT2D eigenvalue weighted by Gasteiger charge is 2.19. The summed E-state index contributed by atoms with van der Waals surface area (Å²) >= 11 is 3.58. The van der Waals surface area contributed by atoms with Crippen molar-refractivity contribution in [3.8, 4) is 0 Å². The van der Waals surface area contributed by atoms with E-state index in [1.165, 1.54) is 48.7 Å². The summed E-state index contributed by atoms with van der Waals surface area (Å²) in [5.74, 6) is 0. The van der Waals surface area contributed by atoms with E-state index in [1.807, 2.05) is 0 Å². The van der Waals surface area contributed by atoms with E-state index in [1.54, 1.807) is 0 Å². The smallest absolute Gasteiger partial charge is 0.0700 e. The van der Waals surface area contributed by atoms with E-state index in [0.29, 0.717) is 6.04 Å². The molecule has 2 aromatic rings. The number of benzene rings is 1. The van der Waals surface area contributed by atoms with Gasteiger partial charge in [-0.3, -0.25) is 4.68 Å². The third kappa shape index (κ3) is 2.89. The lowest BCUT2D eigenvalue weighted by molar-refractivity contribution is 0.336. The van der Waals surface area contributed by atoms with Crippen LogP contribution < -0.4 is 0 Å². The first-order chi connectivity index (χ1) is 8.79. The van der Waals surface area contributed by atoms with Crippen molar-refractivity contribution in [3.63, 3.8) is 0 Å². The van der Waals surface area contributed by atoms with Crippen LogP contribution in [0.2, 0.25) is 0 Å². The van der Waals surface area contributed by atoms with Crippen molar-refractivity contribution in [2.45, 2.75) is 51.5 Å². The number of hydrogen-bond donors (Lipinski definition) is 0. The molecule has 0 aliphatic heterocycles. The fourth-order valence-corrected chi connectivity index (χ4v) is 3.39. The van der Waals surface area contributed by atoms with E-state index >= 15 is 0 Å². The molecule has 0 unspecified atom stereocenters. The Kier molecular flexibility index (Phi) is 5.07. The second-order valence-electron chi connectivity index (χ2n) is 5.20. The molecule has 0 saturated heterocycles. The zero-order valence-electron chi connectivity index (χ0n) is 11.2. The quantitative estimate of drug-likeness (QED) is 0.670. The van der Waals surface area contributed by atoms with Crippen LogP contribution in [0.5, 0.6) is 0 Å². The topological polar surface area (TPSA) is 17.8 Å². The van der Waals surface area contributed by atoms with Gasteiger partial charge in [0.2, 0.25) is 0 Å². The zero-order chi connectivity index (χ0) is 12.5. The van der Waals surface area contributed by atoms with Crippen LogP contribution in [0.25, 0.3) is 10.9 Å². The minimum absolute atomic E-state index is 0. The third-order valence-corrected chi connectivity index (χ3v) is 4.49. The second kappa shape index (κ2) is 6.40. The Hall–Kier alpha value is -0.350. The summed E-state index contributed by atoms with van der Waals surface area (Å²) in [6.45, 7) is 2.19. The Bertz CT molecular complexity index is 557. The SMILES string of the molecule is Br.CCc1nn(C2CCCCC2)c2cc(Br)ccc12. The van der Waals surface area contributed by atoms with Crippen molar-refractivity contribution in [3.05, 3.63) is 28.4 Å². The van der Waals surface area contributed by atoms with Crippen LogP contribution in [0.15, 0.2) is 22.7 Å². The number of aromatic nitrogens is 2. The van der Waals surface area contributed by atoms with Gasteiger partial charge >= 0.3 is 0 Å². The van der Waals surface area contributed by atoms with E-state index < -0.39 is 0 Å². The molecule has 1 aliphatic carbocycles. The molecular weight excluding hydrogens is 368 g/mol. The predicted octanol–water partition coefficient (Wildman–Crippen LogP) is 5.44. The van der Waals surface area contributed by atoms with Gasteiger partial charge in [-0.15, -0.1) is 17.0 Å². The van der Waals surface area contributed by atoms with Gasteiger partial charge < -0.3 is 0 Å². The number of fused-ring (bicyclic) bond motifs is 1. The molecule has 0 radical (unpaired) electrons. The summed E-state index contributed by atoms with van der Waals surface area (Å²) in [7, 11) is 0. The average Bonchev–Trinajstić information content (AvgIpc) is 2.77. The van der Waals surface area contributed by atoms with Crippen LogP contribution in [0, 0.1) is 0 Å². The molecule has 0 N–H and O–H groups in total. The second-order valence-corrected chi connectivity index (χ2v) is 6.11. The van der Waals surface area contributed by atoms with Crippen molar-refractivity contribution in [2.24, 2.45) is 0 Å². The summed E-state index contributed by atoms with van der Waals surface area (Å²) in [6.07, 6.45) is 7.67. The first-order valence-electron chi connectivity index (χ1n) is 6.96. The van der Waals surface area contributed by atoms with E-state index in [-0.39, 0.29) is 17.0 Å². The molecule has 104 valence electrons. The zero-order valence-corrected chi connectivity index (χ0v) is 14.5. The number of nitrogens with zero attached hydrogens (tertiary/aromatic N) is 2. The molecule has 19 heavy (non-hydrogen) atoms. The molecule has 0 bridgehead atoms. The molecule has 0 amide bonds. The maximum atomic E-state index is 4.87. The molecule has 1 aromatic carbocycles. The number of rotatable bonds is 2. The number of hydrogen-bond acceptors (Lipinski definition) is 1. The predicted molar refractivity (Wildman–Crippen MR) is 89.3 cm³/mol. The van der Waals surface area contributed by atoms with Gasteiger partial charge in [0.15, 0.2) is 0 Å². The van der Waals surface area contributed by atoms with Gasteiger partial charge in [0.05, 0.1) is 17.3 Å².